The van der Waals surface area contributed by atoms with Gasteiger partial charge in [0.05, 0.1) is 0 Å². The maximum atomic E-state index is 11.0. The van der Waals surface area contributed by atoms with E-state index in [2.05, 4.69) is 27.7 Å². The lowest BCUT2D eigenvalue weighted by Crippen LogP contribution is -2.06. The first-order valence-corrected chi connectivity index (χ1v) is 8.08. The molecule has 0 bridgehead atoms. The van der Waals surface area contributed by atoms with Gasteiger partial charge in [0, 0.05) is 0 Å². The van der Waals surface area contributed by atoms with Gasteiger partial charge in [0.25, 0.3) is 0 Å². The van der Waals surface area contributed by atoms with Crippen molar-refractivity contribution in [3.63, 3.8) is 0 Å². The van der Waals surface area contributed by atoms with Crippen molar-refractivity contribution >= 4 is 7.82 Å². The molecule has 5 heteroatoms. The van der Waals surface area contributed by atoms with Crippen molar-refractivity contribution in [2.75, 3.05) is 0 Å². The number of hydrogen-bond donors (Lipinski definition) is 2. The largest absolute Gasteiger partial charge is 0.524 e. The summed E-state index contributed by atoms with van der Waals surface area (Å²) in [5.74, 6) is 1.18. The molecular formula is C14H23O4P. The summed E-state index contributed by atoms with van der Waals surface area (Å²) in [5, 5.41) is 0. The van der Waals surface area contributed by atoms with Crippen LogP contribution in [-0.4, -0.2) is 9.79 Å². The zero-order valence-electron chi connectivity index (χ0n) is 12.0. The molecule has 108 valence electrons. The van der Waals surface area contributed by atoms with Crippen molar-refractivity contribution in [2.24, 2.45) is 11.8 Å². The van der Waals surface area contributed by atoms with Crippen LogP contribution in [0.3, 0.4) is 0 Å². The van der Waals surface area contributed by atoms with Crippen molar-refractivity contribution < 1.29 is 18.9 Å². The Morgan fingerprint density at radius 1 is 1.11 bits per heavy atom. The maximum absolute atomic E-state index is 11.0. The van der Waals surface area contributed by atoms with Crippen LogP contribution in [0.5, 0.6) is 5.75 Å². The van der Waals surface area contributed by atoms with Crippen LogP contribution in [0.4, 0.5) is 0 Å². The predicted molar refractivity (Wildman–Crippen MR) is 76.2 cm³/mol. The highest BCUT2D eigenvalue weighted by Gasteiger charge is 2.20. The van der Waals surface area contributed by atoms with E-state index in [9.17, 15) is 4.57 Å². The van der Waals surface area contributed by atoms with Gasteiger partial charge in [-0.25, -0.2) is 4.57 Å². The quantitative estimate of drug-likeness (QED) is 0.785. The summed E-state index contributed by atoms with van der Waals surface area (Å²) >= 11 is 0. The molecule has 0 aliphatic carbocycles. The molecule has 1 aromatic carbocycles. The zero-order chi connectivity index (χ0) is 14.6. The molecule has 0 aliphatic heterocycles. The minimum absolute atomic E-state index is 0.306. The lowest BCUT2D eigenvalue weighted by molar-refractivity contribution is 0.281. The zero-order valence-corrected chi connectivity index (χ0v) is 12.9. The highest BCUT2D eigenvalue weighted by Crippen LogP contribution is 2.40. The van der Waals surface area contributed by atoms with Crippen LogP contribution in [0.15, 0.2) is 18.2 Å². The number of phosphoric ester groups is 1. The van der Waals surface area contributed by atoms with E-state index < -0.39 is 7.82 Å². The van der Waals surface area contributed by atoms with Crippen LogP contribution >= 0.6 is 7.82 Å². The maximum Gasteiger partial charge on any atom is 0.524 e. The highest BCUT2D eigenvalue weighted by molar-refractivity contribution is 7.46. The molecule has 0 heterocycles. The third-order valence-electron chi connectivity index (χ3n) is 2.69. The summed E-state index contributed by atoms with van der Waals surface area (Å²) in [4.78, 5) is 18.0. The van der Waals surface area contributed by atoms with Gasteiger partial charge in [0.1, 0.15) is 5.75 Å². The van der Waals surface area contributed by atoms with E-state index in [1.54, 1.807) is 12.1 Å². The molecule has 0 unspecified atom stereocenters. The van der Waals surface area contributed by atoms with E-state index >= 15 is 0 Å². The lowest BCUT2D eigenvalue weighted by Gasteiger charge is -2.18. The summed E-state index contributed by atoms with van der Waals surface area (Å²) in [6.45, 7) is 8.40. The Bertz CT molecular complexity index is 463. The minimum atomic E-state index is -4.51. The SMILES string of the molecule is CC(C)Cc1cccc(OP(=O)(O)O)c1CC(C)C. The second kappa shape index (κ2) is 6.56. The third-order valence-corrected chi connectivity index (χ3v) is 3.12. The normalized spacial score (nSPS) is 12.2. The van der Waals surface area contributed by atoms with Crippen molar-refractivity contribution in [3.05, 3.63) is 29.3 Å². The third kappa shape index (κ3) is 5.77. The fraction of sp³-hybridized carbons (Fsp3) is 0.571. The molecule has 0 saturated carbocycles. The van der Waals surface area contributed by atoms with Crippen molar-refractivity contribution in [1.82, 2.24) is 0 Å². The van der Waals surface area contributed by atoms with E-state index in [1.807, 2.05) is 6.07 Å². The average Bonchev–Trinajstić information content (AvgIpc) is 2.19. The topological polar surface area (TPSA) is 66.8 Å². The summed E-state index contributed by atoms with van der Waals surface area (Å²) < 4.78 is 15.9. The molecule has 2 N–H and O–H groups in total. The molecule has 0 atom stereocenters. The van der Waals surface area contributed by atoms with Gasteiger partial charge in [-0.1, -0.05) is 39.8 Å². The molecule has 0 spiro atoms. The van der Waals surface area contributed by atoms with Crippen molar-refractivity contribution in [3.8, 4) is 5.75 Å². The first kappa shape index (κ1) is 16.2. The van der Waals surface area contributed by atoms with Gasteiger partial charge in [0.15, 0.2) is 0 Å². The first-order valence-electron chi connectivity index (χ1n) is 6.55. The Hall–Kier alpha value is -0.830. The monoisotopic (exact) mass is 286 g/mol. The van der Waals surface area contributed by atoms with Crippen molar-refractivity contribution in [1.29, 1.82) is 0 Å². The Morgan fingerprint density at radius 3 is 2.16 bits per heavy atom. The molecule has 0 fully saturated rings. The summed E-state index contributed by atoms with van der Waals surface area (Å²) in [6.07, 6.45) is 1.62. The average molecular weight is 286 g/mol. The van der Waals surface area contributed by atoms with E-state index in [1.165, 1.54) is 0 Å². The number of phosphoric acid groups is 1. The Balaban J connectivity index is 3.17. The van der Waals surface area contributed by atoms with E-state index in [4.69, 9.17) is 14.3 Å². The van der Waals surface area contributed by atoms with Gasteiger partial charge in [-0.15, -0.1) is 0 Å². The molecule has 0 aromatic heterocycles. The van der Waals surface area contributed by atoms with Gasteiger partial charge in [-0.05, 0) is 41.9 Å². The Labute approximate surface area is 115 Å². The number of hydrogen-bond acceptors (Lipinski definition) is 2. The minimum Gasteiger partial charge on any atom is -0.404 e. The van der Waals surface area contributed by atoms with E-state index in [-0.39, 0.29) is 0 Å². The van der Waals surface area contributed by atoms with Gasteiger partial charge in [-0.2, -0.15) is 0 Å². The van der Waals surface area contributed by atoms with Crippen LogP contribution in [0, 0.1) is 11.8 Å². The molecule has 0 saturated heterocycles. The van der Waals surface area contributed by atoms with E-state index in [0.717, 1.165) is 24.0 Å². The molecular weight excluding hydrogens is 263 g/mol. The summed E-state index contributed by atoms with van der Waals surface area (Å²) in [6, 6.07) is 5.41. The predicted octanol–water partition coefficient (Wildman–Crippen LogP) is 3.56. The van der Waals surface area contributed by atoms with Crippen LogP contribution in [-0.2, 0) is 17.4 Å². The van der Waals surface area contributed by atoms with Gasteiger partial charge < -0.3 is 4.52 Å². The summed E-state index contributed by atoms with van der Waals surface area (Å²) in [5.41, 5.74) is 2.02. The smallest absolute Gasteiger partial charge is 0.404 e. The summed E-state index contributed by atoms with van der Waals surface area (Å²) in [7, 11) is -4.51. The van der Waals surface area contributed by atoms with Crippen LogP contribution in [0.25, 0.3) is 0 Å². The van der Waals surface area contributed by atoms with Crippen molar-refractivity contribution in [2.45, 2.75) is 40.5 Å². The van der Waals surface area contributed by atoms with Gasteiger partial charge in [0.2, 0.25) is 0 Å². The molecule has 19 heavy (non-hydrogen) atoms. The second-order valence-electron chi connectivity index (χ2n) is 5.67. The van der Waals surface area contributed by atoms with Crippen LogP contribution in [0.1, 0.15) is 38.8 Å². The Morgan fingerprint density at radius 2 is 1.68 bits per heavy atom. The molecule has 0 aliphatic rings. The number of benzene rings is 1. The lowest BCUT2D eigenvalue weighted by atomic mass is 9.92. The fourth-order valence-electron chi connectivity index (χ4n) is 2.10. The van der Waals surface area contributed by atoms with E-state index in [0.29, 0.717) is 17.6 Å². The highest BCUT2D eigenvalue weighted by atomic mass is 31.2. The van der Waals surface area contributed by atoms with Gasteiger partial charge >= 0.3 is 7.82 Å². The molecule has 1 aromatic rings. The first-order chi connectivity index (χ1) is 8.69. The Kier molecular flexibility index (Phi) is 5.60. The van der Waals surface area contributed by atoms with Crippen LogP contribution < -0.4 is 4.52 Å². The van der Waals surface area contributed by atoms with Gasteiger partial charge in [-0.3, -0.25) is 9.79 Å². The second-order valence-corrected chi connectivity index (χ2v) is 6.84. The fourth-order valence-corrected chi connectivity index (χ4v) is 2.52. The molecule has 0 radical (unpaired) electrons. The molecule has 0 amide bonds. The molecule has 4 nitrogen and oxygen atoms in total. The standard InChI is InChI=1S/C14H23O4P/c1-10(2)8-12-6-5-7-14(18-19(15,16)17)13(12)9-11(3)4/h5-7,10-11H,8-9H2,1-4H3,(H2,15,16,17). The molecule has 1 rings (SSSR count). The van der Waals surface area contributed by atoms with Crippen LogP contribution in [0.2, 0.25) is 0 Å². The number of rotatable bonds is 6.